The third-order valence-electron chi connectivity index (χ3n) is 1.04. The Morgan fingerprint density at radius 1 is 1.33 bits per heavy atom. The molecule has 1 aliphatic rings. The molecule has 1 radical (unpaired) electrons. The topological polar surface area (TPSA) is 0 Å². The van der Waals surface area contributed by atoms with E-state index in [2.05, 4.69) is 0 Å². The minimum atomic E-state index is -4.03. The van der Waals surface area contributed by atoms with Crippen LogP contribution in [0.5, 0.6) is 0 Å². The SMILES string of the molecule is FC(F)(F)SC[C]1CC1. The first-order chi connectivity index (χ1) is 4.08. The Morgan fingerprint density at radius 2 is 1.89 bits per heavy atom. The van der Waals surface area contributed by atoms with Crippen molar-refractivity contribution in [1.82, 2.24) is 0 Å². The van der Waals surface area contributed by atoms with E-state index >= 15 is 0 Å². The van der Waals surface area contributed by atoms with E-state index in [4.69, 9.17) is 0 Å². The van der Waals surface area contributed by atoms with Crippen LogP contribution in [-0.2, 0) is 0 Å². The van der Waals surface area contributed by atoms with Crippen LogP contribution in [0.25, 0.3) is 0 Å². The fourth-order valence-electron chi connectivity index (χ4n) is 0.417. The molecule has 0 unspecified atom stereocenters. The fourth-order valence-corrected chi connectivity index (χ4v) is 1.07. The van der Waals surface area contributed by atoms with Crippen LogP contribution in [0.2, 0.25) is 0 Å². The molecule has 0 aromatic carbocycles. The molecule has 0 heterocycles. The highest BCUT2D eigenvalue weighted by atomic mass is 32.2. The van der Waals surface area contributed by atoms with Gasteiger partial charge in [-0.2, -0.15) is 13.2 Å². The maximum absolute atomic E-state index is 11.4. The largest absolute Gasteiger partial charge is 0.441 e. The number of hydrogen-bond acceptors (Lipinski definition) is 1. The lowest BCUT2D eigenvalue weighted by Gasteiger charge is -2.02. The Labute approximate surface area is 55.8 Å². The van der Waals surface area contributed by atoms with Gasteiger partial charge in [-0.25, -0.2) is 0 Å². The molecule has 53 valence electrons. The molecule has 0 N–H and O–H groups in total. The first-order valence-corrected chi connectivity index (χ1v) is 3.61. The molecule has 0 atom stereocenters. The zero-order chi connectivity index (χ0) is 6.91. The molecule has 0 saturated heterocycles. The van der Waals surface area contributed by atoms with Gasteiger partial charge in [-0.1, -0.05) is 11.8 Å². The van der Waals surface area contributed by atoms with Crippen LogP contribution >= 0.6 is 11.8 Å². The van der Waals surface area contributed by atoms with Crippen LogP contribution < -0.4 is 0 Å². The third kappa shape index (κ3) is 3.67. The Morgan fingerprint density at radius 3 is 2.22 bits per heavy atom. The number of halogens is 3. The summed E-state index contributed by atoms with van der Waals surface area (Å²) in [4.78, 5) is 0. The zero-order valence-corrected chi connectivity index (χ0v) is 5.48. The normalized spacial score (nSPS) is 20.3. The van der Waals surface area contributed by atoms with Gasteiger partial charge in [-0.15, -0.1) is 0 Å². The summed E-state index contributed by atoms with van der Waals surface area (Å²) in [5, 5.41) is 0. The van der Waals surface area contributed by atoms with Crippen LogP contribution in [-0.4, -0.2) is 11.3 Å². The van der Waals surface area contributed by atoms with Gasteiger partial charge in [-0.3, -0.25) is 0 Å². The molecule has 0 nitrogen and oxygen atoms in total. The lowest BCUT2D eigenvalue weighted by molar-refractivity contribution is -0.0326. The summed E-state index contributed by atoms with van der Waals surface area (Å²) in [6.07, 6.45) is 1.81. The molecule has 0 bridgehead atoms. The van der Waals surface area contributed by atoms with Crippen molar-refractivity contribution in [3.8, 4) is 0 Å². The lowest BCUT2D eigenvalue weighted by atomic mass is 10.5. The summed E-state index contributed by atoms with van der Waals surface area (Å²) >= 11 is 0.0671. The van der Waals surface area contributed by atoms with Crippen LogP contribution in [0.4, 0.5) is 13.2 Å². The Hall–Kier alpha value is 0.140. The summed E-state index contributed by atoms with van der Waals surface area (Å²) < 4.78 is 34.2. The van der Waals surface area contributed by atoms with Gasteiger partial charge >= 0.3 is 5.51 Å². The molecule has 1 saturated carbocycles. The second kappa shape index (κ2) is 2.40. The molecule has 0 aromatic rings. The van der Waals surface area contributed by atoms with Crippen LogP contribution in [0.3, 0.4) is 0 Å². The van der Waals surface area contributed by atoms with Gasteiger partial charge in [0.25, 0.3) is 0 Å². The second-order valence-corrected chi connectivity index (χ2v) is 3.02. The second-order valence-electron chi connectivity index (χ2n) is 1.98. The maximum atomic E-state index is 11.4. The average molecular weight is 155 g/mol. The predicted molar refractivity (Wildman–Crippen MR) is 31.0 cm³/mol. The summed E-state index contributed by atoms with van der Waals surface area (Å²) in [6.45, 7) is 0. The molecule has 1 aliphatic carbocycles. The standard InChI is InChI=1S/C5H6F3S/c6-5(7,8)9-3-4-1-2-4/h1-3H2. The highest BCUT2D eigenvalue weighted by Gasteiger charge is 2.32. The van der Waals surface area contributed by atoms with Crippen LogP contribution in [0.1, 0.15) is 12.8 Å². The molecular weight excluding hydrogens is 149 g/mol. The van der Waals surface area contributed by atoms with E-state index in [1.54, 1.807) is 0 Å². The summed E-state index contributed by atoms with van der Waals surface area (Å²) in [6, 6.07) is 0. The van der Waals surface area contributed by atoms with Crippen molar-refractivity contribution in [3.63, 3.8) is 0 Å². The monoisotopic (exact) mass is 155 g/mol. The maximum Gasteiger partial charge on any atom is 0.441 e. The molecule has 1 rings (SSSR count). The molecule has 0 spiro atoms. The van der Waals surface area contributed by atoms with Gasteiger partial charge in [0.15, 0.2) is 0 Å². The van der Waals surface area contributed by atoms with Crippen molar-refractivity contribution in [2.45, 2.75) is 18.3 Å². The molecule has 0 aromatic heterocycles. The van der Waals surface area contributed by atoms with E-state index in [-0.39, 0.29) is 17.5 Å². The number of rotatable bonds is 2. The molecular formula is C5H6F3S. The highest BCUT2D eigenvalue weighted by Crippen LogP contribution is 2.40. The van der Waals surface area contributed by atoms with E-state index < -0.39 is 5.51 Å². The summed E-state index contributed by atoms with van der Waals surface area (Å²) in [5.41, 5.74) is -4.03. The van der Waals surface area contributed by atoms with Gasteiger partial charge < -0.3 is 0 Å². The smallest absolute Gasteiger partial charge is 0.160 e. The number of thioether (sulfide) groups is 1. The van der Waals surface area contributed by atoms with Crippen molar-refractivity contribution < 1.29 is 13.2 Å². The highest BCUT2D eigenvalue weighted by molar-refractivity contribution is 8.00. The van der Waals surface area contributed by atoms with E-state index in [1.165, 1.54) is 0 Å². The van der Waals surface area contributed by atoms with Gasteiger partial charge in [0.2, 0.25) is 0 Å². The zero-order valence-electron chi connectivity index (χ0n) is 4.66. The van der Waals surface area contributed by atoms with Crippen molar-refractivity contribution in [2.24, 2.45) is 0 Å². The third-order valence-corrected chi connectivity index (χ3v) is 1.92. The minimum absolute atomic E-state index is 0.0671. The molecule has 9 heavy (non-hydrogen) atoms. The molecule has 0 aliphatic heterocycles. The molecule has 1 fully saturated rings. The summed E-state index contributed by atoms with van der Waals surface area (Å²) in [7, 11) is 0. The number of hydrogen-bond donors (Lipinski definition) is 0. The van der Waals surface area contributed by atoms with Crippen molar-refractivity contribution in [2.75, 3.05) is 5.75 Å². The quantitative estimate of drug-likeness (QED) is 0.590. The molecule has 0 amide bonds. The lowest BCUT2D eigenvalue weighted by Crippen LogP contribution is -2.01. The minimum Gasteiger partial charge on any atom is -0.160 e. The van der Waals surface area contributed by atoms with Crippen molar-refractivity contribution in [3.05, 3.63) is 5.92 Å². The van der Waals surface area contributed by atoms with Crippen molar-refractivity contribution in [1.29, 1.82) is 0 Å². The first-order valence-electron chi connectivity index (χ1n) is 2.62. The van der Waals surface area contributed by atoms with E-state index in [0.29, 0.717) is 0 Å². The van der Waals surface area contributed by atoms with Gasteiger partial charge in [0.1, 0.15) is 0 Å². The van der Waals surface area contributed by atoms with Gasteiger partial charge in [0.05, 0.1) is 0 Å². The van der Waals surface area contributed by atoms with Crippen molar-refractivity contribution >= 4 is 11.8 Å². The van der Waals surface area contributed by atoms with Crippen LogP contribution in [0, 0.1) is 5.92 Å². The van der Waals surface area contributed by atoms with Gasteiger partial charge in [0, 0.05) is 5.75 Å². The summed E-state index contributed by atoms with van der Waals surface area (Å²) in [5.74, 6) is 1.22. The van der Waals surface area contributed by atoms with E-state index in [9.17, 15) is 13.2 Å². The van der Waals surface area contributed by atoms with E-state index in [0.717, 1.165) is 18.8 Å². The van der Waals surface area contributed by atoms with Gasteiger partial charge in [-0.05, 0) is 18.8 Å². The van der Waals surface area contributed by atoms with E-state index in [1.807, 2.05) is 0 Å². The average Bonchev–Trinajstić information content (AvgIpc) is 2.38. The fraction of sp³-hybridized carbons (Fsp3) is 0.800. The number of alkyl halides is 3. The first kappa shape index (κ1) is 7.25. The molecule has 4 heteroatoms. The predicted octanol–water partition coefficient (Wildman–Crippen LogP) is 2.61. The van der Waals surface area contributed by atoms with Crippen LogP contribution in [0.15, 0.2) is 0 Å². The Balaban J connectivity index is 2.03. The Kier molecular flexibility index (Phi) is 1.94. The Bertz CT molecular complexity index is 94.9.